The highest BCUT2D eigenvalue weighted by molar-refractivity contribution is 5.68. The highest BCUT2D eigenvalue weighted by atomic mass is 16.6. The number of hydrogen-bond donors (Lipinski definition) is 0. The molecule has 0 N–H and O–H groups in total. The lowest BCUT2D eigenvalue weighted by Crippen LogP contribution is -2.42. The Morgan fingerprint density at radius 3 is 1.97 bits per heavy atom. The molecule has 4 heterocycles. The first-order valence-corrected chi connectivity index (χ1v) is 9.24. The summed E-state index contributed by atoms with van der Waals surface area (Å²) >= 11 is 0. The molecule has 0 amide bonds. The third-order valence-corrected chi connectivity index (χ3v) is 4.74. The van der Waals surface area contributed by atoms with Crippen LogP contribution >= 0.6 is 0 Å². The van der Waals surface area contributed by atoms with Crippen LogP contribution in [-0.4, -0.2) is 33.8 Å². The lowest BCUT2D eigenvalue weighted by molar-refractivity contribution is -0.386. The van der Waals surface area contributed by atoms with Crippen LogP contribution in [0.4, 0.5) is 5.69 Å². The molecule has 0 saturated heterocycles. The van der Waals surface area contributed by atoms with Crippen molar-refractivity contribution >= 4 is 5.69 Å². The van der Waals surface area contributed by atoms with E-state index >= 15 is 0 Å². The number of rotatable bonds is 6. The van der Waals surface area contributed by atoms with E-state index in [0.717, 1.165) is 4.57 Å². The van der Waals surface area contributed by atoms with Gasteiger partial charge >= 0.3 is 16.9 Å². The summed E-state index contributed by atoms with van der Waals surface area (Å²) in [5, 5.41) is 16.0. The summed E-state index contributed by atoms with van der Waals surface area (Å²) in [5.74, 6) is 0. The molecule has 0 saturated carbocycles. The van der Waals surface area contributed by atoms with Crippen molar-refractivity contribution in [3.8, 4) is 11.3 Å². The first kappa shape index (κ1) is 19.9. The summed E-state index contributed by atoms with van der Waals surface area (Å²) < 4.78 is 3.55. The van der Waals surface area contributed by atoms with Crippen molar-refractivity contribution in [2.45, 2.75) is 13.1 Å². The zero-order valence-electron chi connectivity index (χ0n) is 16.5. The molecule has 156 valence electrons. The van der Waals surface area contributed by atoms with E-state index in [1.54, 1.807) is 43.7 Å². The van der Waals surface area contributed by atoms with Crippen molar-refractivity contribution in [1.82, 2.24) is 28.9 Å². The number of aromatic nitrogens is 6. The Hall–Kier alpha value is -4.41. The second-order valence-electron chi connectivity index (χ2n) is 6.83. The van der Waals surface area contributed by atoms with Crippen molar-refractivity contribution in [2.24, 2.45) is 7.05 Å². The van der Waals surface area contributed by atoms with Crippen LogP contribution in [0.15, 0.2) is 71.0 Å². The molecular weight excluding hydrogens is 402 g/mol. The van der Waals surface area contributed by atoms with Gasteiger partial charge in [0, 0.05) is 43.6 Å². The molecule has 4 aromatic rings. The third-order valence-electron chi connectivity index (χ3n) is 4.74. The summed E-state index contributed by atoms with van der Waals surface area (Å²) in [4.78, 5) is 45.6. The fraction of sp³-hybridized carbons (Fsp3) is 0.150. The van der Waals surface area contributed by atoms with Gasteiger partial charge in [-0.25, -0.2) is 9.36 Å². The standard InChI is InChI=1S/C20H17N7O4/c1-24-13-16(10-23-24)17-18(27(30)31)19(28)26(12-15-4-8-22-9-5-15)20(29)25(17)11-14-2-6-21-7-3-14/h2-10,13H,11-12H2,1H3. The minimum Gasteiger partial charge on any atom is -0.282 e. The summed E-state index contributed by atoms with van der Waals surface area (Å²) in [7, 11) is 1.64. The molecule has 0 unspecified atom stereocenters. The number of pyridine rings is 2. The summed E-state index contributed by atoms with van der Waals surface area (Å²) in [5.41, 5.74) is -0.793. The zero-order chi connectivity index (χ0) is 22.0. The van der Waals surface area contributed by atoms with Gasteiger partial charge in [0.1, 0.15) is 5.69 Å². The topological polar surface area (TPSA) is 131 Å². The van der Waals surface area contributed by atoms with Gasteiger partial charge in [-0.15, -0.1) is 0 Å². The van der Waals surface area contributed by atoms with Crippen LogP contribution < -0.4 is 11.2 Å². The van der Waals surface area contributed by atoms with Crippen molar-refractivity contribution in [3.05, 3.63) is 104 Å². The van der Waals surface area contributed by atoms with Crippen LogP contribution in [0.3, 0.4) is 0 Å². The summed E-state index contributed by atoms with van der Waals surface area (Å²) in [6, 6.07) is 6.67. The second-order valence-corrected chi connectivity index (χ2v) is 6.83. The summed E-state index contributed by atoms with van der Waals surface area (Å²) in [6.45, 7) is -0.103. The van der Waals surface area contributed by atoms with E-state index in [1.165, 1.54) is 34.0 Å². The maximum absolute atomic E-state index is 13.4. The predicted octanol–water partition coefficient (Wildman–Crippen LogP) is 1.21. The molecule has 11 nitrogen and oxygen atoms in total. The molecule has 0 radical (unpaired) electrons. The number of nitrogens with zero attached hydrogens (tertiary/aromatic N) is 7. The van der Waals surface area contributed by atoms with E-state index < -0.39 is 21.9 Å². The van der Waals surface area contributed by atoms with Crippen LogP contribution in [0.5, 0.6) is 0 Å². The first-order chi connectivity index (χ1) is 15.0. The van der Waals surface area contributed by atoms with Crippen molar-refractivity contribution in [1.29, 1.82) is 0 Å². The number of nitro groups is 1. The lowest BCUT2D eigenvalue weighted by Gasteiger charge is -2.15. The van der Waals surface area contributed by atoms with Gasteiger partial charge in [-0.3, -0.25) is 34.1 Å². The van der Waals surface area contributed by atoms with E-state index in [-0.39, 0.29) is 18.8 Å². The number of hydrogen-bond acceptors (Lipinski definition) is 7. The number of aryl methyl sites for hydroxylation is 1. The van der Waals surface area contributed by atoms with Crippen LogP contribution in [0, 0.1) is 10.1 Å². The minimum atomic E-state index is -0.975. The van der Waals surface area contributed by atoms with E-state index in [4.69, 9.17) is 0 Å². The van der Waals surface area contributed by atoms with Crippen molar-refractivity contribution in [2.75, 3.05) is 0 Å². The van der Waals surface area contributed by atoms with Gasteiger partial charge in [0.15, 0.2) is 0 Å². The van der Waals surface area contributed by atoms with E-state index in [2.05, 4.69) is 15.1 Å². The molecule has 0 aromatic carbocycles. The van der Waals surface area contributed by atoms with Gasteiger partial charge in [-0.05, 0) is 35.4 Å². The molecule has 31 heavy (non-hydrogen) atoms. The third kappa shape index (κ3) is 3.88. The maximum atomic E-state index is 13.4. The molecule has 0 atom stereocenters. The quantitative estimate of drug-likeness (QED) is 0.339. The normalized spacial score (nSPS) is 10.9. The van der Waals surface area contributed by atoms with Crippen LogP contribution in [-0.2, 0) is 20.1 Å². The summed E-state index contributed by atoms with van der Waals surface area (Å²) in [6.07, 6.45) is 9.08. The van der Waals surface area contributed by atoms with Crippen molar-refractivity contribution < 1.29 is 4.92 Å². The molecule has 11 heteroatoms. The zero-order valence-corrected chi connectivity index (χ0v) is 16.5. The molecule has 0 bridgehead atoms. The highest BCUT2D eigenvalue weighted by Gasteiger charge is 2.29. The fourth-order valence-electron chi connectivity index (χ4n) is 3.31. The molecule has 0 aliphatic heterocycles. The Morgan fingerprint density at radius 1 is 0.935 bits per heavy atom. The monoisotopic (exact) mass is 419 g/mol. The van der Waals surface area contributed by atoms with Gasteiger partial charge in [0.25, 0.3) is 0 Å². The van der Waals surface area contributed by atoms with E-state index in [9.17, 15) is 19.7 Å². The highest BCUT2D eigenvalue weighted by Crippen LogP contribution is 2.26. The Kier molecular flexibility index (Phi) is 5.22. The molecular formula is C20H17N7O4. The van der Waals surface area contributed by atoms with Gasteiger partial charge in [-0.1, -0.05) is 0 Å². The SMILES string of the molecule is Cn1cc(-c2c([N+](=O)[O-])c(=O)n(Cc3ccncc3)c(=O)n2Cc2ccncc2)cn1. The fourth-order valence-corrected chi connectivity index (χ4v) is 3.31. The van der Waals surface area contributed by atoms with E-state index in [0.29, 0.717) is 16.7 Å². The van der Waals surface area contributed by atoms with Crippen LogP contribution in [0.25, 0.3) is 11.3 Å². The van der Waals surface area contributed by atoms with Gasteiger partial charge in [0.2, 0.25) is 0 Å². The molecule has 0 spiro atoms. The second kappa shape index (κ2) is 8.14. The predicted molar refractivity (Wildman–Crippen MR) is 110 cm³/mol. The molecule has 4 aromatic heterocycles. The molecule has 0 aliphatic carbocycles. The average Bonchev–Trinajstić information content (AvgIpc) is 3.20. The molecule has 0 aliphatic rings. The van der Waals surface area contributed by atoms with Gasteiger partial charge in [-0.2, -0.15) is 5.10 Å². The average molecular weight is 419 g/mol. The van der Waals surface area contributed by atoms with Gasteiger partial charge in [0.05, 0.1) is 24.2 Å². The lowest BCUT2D eigenvalue weighted by atomic mass is 10.1. The van der Waals surface area contributed by atoms with Gasteiger partial charge < -0.3 is 0 Å². The smallest absolute Gasteiger partial charge is 0.282 e. The van der Waals surface area contributed by atoms with Crippen LogP contribution in [0.2, 0.25) is 0 Å². The largest absolute Gasteiger partial charge is 0.358 e. The van der Waals surface area contributed by atoms with Crippen molar-refractivity contribution in [3.63, 3.8) is 0 Å². The Bertz CT molecular complexity index is 1360. The van der Waals surface area contributed by atoms with E-state index in [1.807, 2.05) is 0 Å². The Labute approximate surface area is 175 Å². The first-order valence-electron chi connectivity index (χ1n) is 9.24. The molecule has 4 rings (SSSR count). The van der Waals surface area contributed by atoms with Crippen LogP contribution in [0.1, 0.15) is 11.1 Å². The molecule has 0 fully saturated rings. The maximum Gasteiger partial charge on any atom is 0.358 e. The minimum absolute atomic E-state index is 0.0169. The Morgan fingerprint density at radius 2 is 1.48 bits per heavy atom. The Balaban J connectivity index is 2.02.